The molecule has 1 aromatic rings. The first-order valence-corrected chi connectivity index (χ1v) is 6.16. The lowest BCUT2D eigenvalue weighted by atomic mass is 10.1. The lowest BCUT2D eigenvalue weighted by molar-refractivity contribution is -0.0499. The maximum atomic E-state index is 12.1. The van der Waals surface area contributed by atoms with Crippen molar-refractivity contribution in [3.8, 4) is 5.75 Å². The summed E-state index contributed by atoms with van der Waals surface area (Å²) in [5, 5.41) is 6.75. The van der Waals surface area contributed by atoms with Gasteiger partial charge < -0.3 is 15.4 Å². The van der Waals surface area contributed by atoms with Gasteiger partial charge in [0.15, 0.2) is 0 Å². The summed E-state index contributed by atoms with van der Waals surface area (Å²) in [4.78, 5) is 0. The van der Waals surface area contributed by atoms with Crippen molar-refractivity contribution in [2.75, 3.05) is 13.1 Å². The number of ether oxygens (including phenoxy) is 1. The van der Waals surface area contributed by atoms with Crippen LogP contribution in [0.15, 0.2) is 24.3 Å². The molecular formula is C13H18F2N2O. The molecule has 2 unspecified atom stereocenters. The molecule has 5 heteroatoms. The minimum Gasteiger partial charge on any atom is -0.435 e. The molecule has 18 heavy (non-hydrogen) atoms. The van der Waals surface area contributed by atoms with E-state index in [4.69, 9.17) is 0 Å². The van der Waals surface area contributed by atoms with E-state index in [0.29, 0.717) is 6.04 Å². The number of alkyl halides is 2. The molecule has 2 atom stereocenters. The van der Waals surface area contributed by atoms with E-state index in [9.17, 15) is 8.78 Å². The van der Waals surface area contributed by atoms with E-state index >= 15 is 0 Å². The van der Waals surface area contributed by atoms with E-state index in [2.05, 4.69) is 15.4 Å². The number of hydrogen-bond donors (Lipinski definition) is 2. The summed E-state index contributed by atoms with van der Waals surface area (Å²) in [6.45, 7) is 1.23. The number of rotatable bonds is 5. The fourth-order valence-corrected chi connectivity index (χ4v) is 2.21. The summed E-state index contributed by atoms with van der Waals surface area (Å²) in [7, 11) is 0. The highest BCUT2D eigenvalue weighted by molar-refractivity contribution is 5.30. The zero-order chi connectivity index (χ0) is 13.0. The van der Waals surface area contributed by atoms with Crippen molar-refractivity contribution < 1.29 is 13.5 Å². The zero-order valence-corrected chi connectivity index (χ0v) is 10.3. The molecule has 0 amide bonds. The quantitative estimate of drug-likeness (QED) is 0.848. The molecule has 2 N–H and O–H groups in total. The number of benzene rings is 1. The van der Waals surface area contributed by atoms with E-state index in [-0.39, 0.29) is 11.8 Å². The van der Waals surface area contributed by atoms with E-state index in [0.717, 1.165) is 25.1 Å². The molecule has 0 bridgehead atoms. The van der Waals surface area contributed by atoms with Crippen LogP contribution in [0.1, 0.15) is 24.9 Å². The van der Waals surface area contributed by atoms with Gasteiger partial charge >= 0.3 is 6.61 Å². The largest absolute Gasteiger partial charge is 0.435 e. The van der Waals surface area contributed by atoms with Gasteiger partial charge in [0, 0.05) is 18.6 Å². The number of hydrogen-bond acceptors (Lipinski definition) is 3. The van der Waals surface area contributed by atoms with Crippen molar-refractivity contribution in [1.82, 2.24) is 10.6 Å². The van der Waals surface area contributed by atoms with Crippen molar-refractivity contribution in [3.63, 3.8) is 0 Å². The van der Waals surface area contributed by atoms with Crippen LogP contribution in [-0.4, -0.2) is 25.7 Å². The molecule has 1 aliphatic heterocycles. The Morgan fingerprint density at radius 3 is 2.94 bits per heavy atom. The van der Waals surface area contributed by atoms with E-state index in [1.54, 1.807) is 18.2 Å². The summed E-state index contributed by atoms with van der Waals surface area (Å²) in [6.07, 6.45) is 1.09. The lowest BCUT2D eigenvalue weighted by Crippen LogP contribution is -2.33. The third kappa shape index (κ3) is 3.65. The summed E-state index contributed by atoms with van der Waals surface area (Å²) in [5.74, 6) is 0.209. The summed E-state index contributed by atoms with van der Waals surface area (Å²) in [6, 6.07) is 7.41. The zero-order valence-electron chi connectivity index (χ0n) is 10.3. The Morgan fingerprint density at radius 1 is 1.44 bits per heavy atom. The molecule has 100 valence electrons. The Kier molecular flexibility index (Phi) is 4.49. The Balaban J connectivity index is 1.98. The maximum absolute atomic E-state index is 12.1. The molecule has 0 spiro atoms. The molecule has 1 fully saturated rings. The molecule has 1 saturated heterocycles. The second-order valence-corrected chi connectivity index (χ2v) is 4.53. The van der Waals surface area contributed by atoms with Crippen molar-refractivity contribution in [2.45, 2.75) is 32.0 Å². The molecule has 2 rings (SSSR count). The predicted octanol–water partition coefficient (Wildman–Crippen LogP) is 2.30. The van der Waals surface area contributed by atoms with Crippen LogP contribution in [0.25, 0.3) is 0 Å². The van der Waals surface area contributed by atoms with Gasteiger partial charge in [-0.1, -0.05) is 12.1 Å². The van der Waals surface area contributed by atoms with Gasteiger partial charge in [0.2, 0.25) is 0 Å². The Hall–Kier alpha value is -1.20. The SMILES string of the molecule is CC(NC1CCNC1)c1cccc(OC(F)F)c1. The maximum Gasteiger partial charge on any atom is 0.387 e. The molecule has 0 aromatic heterocycles. The van der Waals surface area contributed by atoms with E-state index in [1.165, 1.54) is 0 Å². The monoisotopic (exact) mass is 256 g/mol. The fourth-order valence-electron chi connectivity index (χ4n) is 2.21. The van der Waals surface area contributed by atoms with Crippen molar-refractivity contribution in [3.05, 3.63) is 29.8 Å². The summed E-state index contributed by atoms with van der Waals surface area (Å²) < 4.78 is 28.7. The lowest BCUT2D eigenvalue weighted by Gasteiger charge is -2.19. The minimum absolute atomic E-state index is 0.121. The van der Waals surface area contributed by atoms with Crippen LogP contribution < -0.4 is 15.4 Å². The molecule has 1 aromatic carbocycles. The Morgan fingerprint density at radius 2 is 2.28 bits per heavy atom. The minimum atomic E-state index is -2.78. The van der Waals surface area contributed by atoms with Crippen LogP contribution in [0.2, 0.25) is 0 Å². The first-order valence-electron chi connectivity index (χ1n) is 6.16. The highest BCUT2D eigenvalue weighted by Crippen LogP contribution is 2.21. The fraction of sp³-hybridized carbons (Fsp3) is 0.538. The Labute approximate surface area is 106 Å². The molecule has 0 aliphatic carbocycles. The van der Waals surface area contributed by atoms with Crippen LogP contribution in [-0.2, 0) is 0 Å². The second kappa shape index (κ2) is 6.11. The van der Waals surface area contributed by atoms with Gasteiger partial charge in [-0.2, -0.15) is 8.78 Å². The number of halogens is 2. The van der Waals surface area contributed by atoms with Crippen LogP contribution in [0.4, 0.5) is 8.78 Å². The van der Waals surface area contributed by atoms with Gasteiger partial charge in [-0.3, -0.25) is 0 Å². The van der Waals surface area contributed by atoms with Crippen molar-refractivity contribution >= 4 is 0 Å². The van der Waals surface area contributed by atoms with Gasteiger partial charge in [-0.25, -0.2) is 0 Å². The molecular weight excluding hydrogens is 238 g/mol. The molecule has 1 aliphatic rings. The van der Waals surface area contributed by atoms with Crippen LogP contribution in [0, 0.1) is 0 Å². The molecule has 0 saturated carbocycles. The third-order valence-electron chi connectivity index (χ3n) is 3.13. The van der Waals surface area contributed by atoms with Gasteiger partial charge in [0.1, 0.15) is 5.75 Å². The first kappa shape index (κ1) is 13.2. The van der Waals surface area contributed by atoms with E-state index in [1.807, 2.05) is 13.0 Å². The summed E-state index contributed by atoms with van der Waals surface area (Å²) in [5.41, 5.74) is 0.958. The van der Waals surface area contributed by atoms with Gasteiger partial charge in [-0.05, 0) is 37.6 Å². The highest BCUT2D eigenvalue weighted by atomic mass is 19.3. The van der Waals surface area contributed by atoms with Crippen LogP contribution in [0.5, 0.6) is 5.75 Å². The van der Waals surface area contributed by atoms with Crippen LogP contribution >= 0.6 is 0 Å². The molecule has 0 radical (unpaired) electrons. The second-order valence-electron chi connectivity index (χ2n) is 4.53. The van der Waals surface area contributed by atoms with Crippen molar-refractivity contribution in [1.29, 1.82) is 0 Å². The average molecular weight is 256 g/mol. The standard InChI is InChI=1S/C13H18F2N2O/c1-9(17-11-5-6-16-8-11)10-3-2-4-12(7-10)18-13(14)15/h2-4,7,9,11,13,16-17H,5-6,8H2,1H3. The van der Waals surface area contributed by atoms with Crippen molar-refractivity contribution in [2.24, 2.45) is 0 Å². The van der Waals surface area contributed by atoms with E-state index < -0.39 is 6.61 Å². The molecule has 1 heterocycles. The van der Waals surface area contributed by atoms with Gasteiger partial charge in [-0.15, -0.1) is 0 Å². The third-order valence-corrected chi connectivity index (χ3v) is 3.13. The predicted molar refractivity (Wildman–Crippen MR) is 65.9 cm³/mol. The highest BCUT2D eigenvalue weighted by Gasteiger charge is 2.17. The Bertz CT molecular complexity index is 381. The van der Waals surface area contributed by atoms with Gasteiger partial charge in [0.05, 0.1) is 0 Å². The van der Waals surface area contributed by atoms with Crippen LogP contribution in [0.3, 0.4) is 0 Å². The summed E-state index contributed by atoms with van der Waals surface area (Å²) >= 11 is 0. The normalized spacial score (nSPS) is 21.2. The smallest absolute Gasteiger partial charge is 0.387 e. The molecule has 3 nitrogen and oxygen atoms in total. The topological polar surface area (TPSA) is 33.3 Å². The average Bonchev–Trinajstić information content (AvgIpc) is 2.81. The first-order chi connectivity index (χ1) is 8.65. The number of nitrogens with one attached hydrogen (secondary N) is 2. The van der Waals surface area contributed by atoms with Gasteiger partial charge in [0.25, 0.3) is 0 Å².